The zero-order valence-electron chi connectivity index (χ0n) is 26.0. The molecule has 2 saturated heterocycles. The van der Waals surface area contributed by atoms with Crippen LogP contribution >= 0.6 is 0 Å². The van der Waals surface area contributed by atoms with E-state index in [-0.39, 0.29) is 24.2 Å². The highest BCUT2D eigenvalue weighted by Crippen LogP contribution is 2.30. The standard InChI is InChI=1S/C35H51N3O4/c1-28(2)41-33(39)32-20-15-25-38(32)24-14-7-5-4-6-13-23-37-26-21-35(3,22-27-37)42-34(40)36-31-19-12-11-18-30(31)29-16-9-8-10-17-29/h8-12,16-19,28,32H,4-7,13-15,20-27H2,1-3H3,(H,36,40)/t32-/m0/s1. The van der Waals surface area contributed by atoms with E-state index in [2.05, 4.69) is 22.0 Å². The summed E-state index contributed by atoms with van der Waals surface area (Å²) >= 11 is 0. The Morgan fingerprint density at radius 1 is 0.881 bits per heavy atom. The van der Waals surface area contributed by atoms with Crippen molar-refractivity contribution in [2.75, 3.05) is 38.0 Å². The molecule has 0 bridgehead atoms. The molecule has 4 rings (SSSR count). The van der Waals surface area contributed by atoms with E-state index >= 15 is 0 Å². The fraction of sp³-hybridized carbons (Fsp3) is 0.600. The van der Waals surface area contributed by atoms with E-state index in [1.807, 2.05) is 68.4 Å². The molecule has 1 atom stereocenters. The lowest BCUT2D eigenvalue weighted by Crippen LogP contribution is -2.46. The third-order valence-corrected chi connectivity index (χ3v) is 8.66. The van der Waals surface area contributed by atoms with Crippen LogP contribution in [0.3, 0.4) is 0 Å². The summed E-state index contributed by atoms with van der Waals surface area (Å²) < 4.78 is 11.4. The van der Waals surface area contributed by atoms with Gasteiger partial charge in [-0.2, -0.15) is 0 Å². The molecule has 0 aromatic heterocycles. The maximum absolute atomic E-state index is 12.9. The highest BCUT2D eigenvalue weighted by molar-refractivity contribution is 5.91. The van der Waals surface area contributed by atoms with Gasteiger partial charge in [-0.3, -0.25) is 15.0 Å². The van der Waals surface area contributed by atoms with Crippen LogP contribution in [-0.4, -0.2) is 72.3 Å². The van der Waals surface area contributed by atoms with Crippen LogP contribution < -0.4 is 5.32 Å². The molecule has 2 fully saturated rings. The predicted octanol–water partition coefficient (Wildman–Crippen LogP) is 7.51. The van der Waals surface area contributed by atoms with Crippen molar-refractivity contribution in [3.63, 3.8) is 0 Å². The number of nitrogens with zero attached hydrogens (tertiary/aromatic N) is 2. The summed E-state index contributed by atoms with van der Waals surface area (Å²) in [4.78, 5) is 30.0. The Kier molecular flexibility index (Phi) is 12.3. The van der Waals surface area contributed by atoms with Gasteiger partial charge >= 0.3 is 12.1 Å². The van der Waals surface area contributed by atoms with Crippen LogP contribution in [0.5, 0.6) is 0 Å². The number of likely N-dealkylation sites (tertiary alicyclic amines) is 2. The van der Waals surface area contributed by atoms with Crippen LogP contribution in [0, 0.1) is 0 Å². The van der Waals surface area contributed by atoms with Gasteiger partial charge in [0, 0.05) is 18.7 Å². The molecular formula is C35H51N3O4. The van der Waals surface area contributed by atoms with Crippen molar-refractivity contribution >= 4 is 17.7 Å². The second kappa shape index (κ2) is 16.1. The molecule has 7 heteroatoms. The Labute approximate surface area is 252 Å². The first-order valence-corrected chi connectivity index (χ1v) is 16.1. The van der Waals surface area contributed by atoms with Crippen molar-refractivity contribution in [1.29, 1.82) is 0 Å². The molecule has 0 radical (unpaired) electrons. The van der Waals surface area contributed by atoms with E-state index in [4.69, 9.17) is 9.47 Å². The fourth-order valence-corrected chi connectivity index (χ4v) is 6.20. The Balaban J connectivity index is 1.07. The van der Waals surface area contributed by atoms with Gasteiger partial charge in [-0.15, -0.1) is 0 Å². The van der Waals surface area contributed by atoms with Crippen molar-refractivity contribution in [2.24, 2.45) is 0 Å². The monoisotopic (exact) mass is 577 g/mol. The predicted molar refractivity (Wildman–Crippen MR) is 170 cm³/mol. The Morgan fingerprint density at radius 2 is 1.52 bits per heavy atom. The van der Waals surface area contributed by atoms with Crippen LogP contribution in [-0.2, 0) is 14.3 Å². The Bertz CT molecular complexity index is 1110. The van der Waals surface area contributed by atoms with Gasteiger partial charge in [0.05, 0.1) is 11.8 Å². The van der Waals surface area contributed by atoms with Crippen molar-refractivity contribution in [3.05, 3.63) is 54.6 Å². The van der Waals surface area contributed by atoms with E-state index in [0.29, 0.717) is 0 Å². The van der Waals surface area contributed by atoms with Crippen molar-refractivity contribution in [1.82, 2.24) is 9.80 Å². The minimum absolute atomic E-state index is 0.0325. The number of rotatable bonds is 14. The van der Waals surface area contributed by atoms with Crippen LogP contribution in [0.2, 0.25) is 0 Å². The molecule has 1 amide bonds. The SMILES string of the molecule is CC(C)OC(=O)[C@@H]1CCCN1CCCCCCCCN1CCC(C)(OC(=O)Nc2ccccc2-c2ccccc2)CC1. The van der Waals surface area contributed by atoms with Crippen LogP contribution in [0.1, 0.15) is 85.0 Å². The molecule has 42 heavy (non-hydrogen) atoms. The molecule has 230 valence electrons. The molecule has 0 unspecified atom stereocenters. The average molecular weight is 578 g/mol. The molecule has 2 heterocycles. The largest absolute Gasteiger partial charge is 0.462 e. The highest BCUT2D eigenvalue weighted by Gasteiger charge is 2.34. The number of hydrogen-bond acceptors (Lipinski definition) is 6. The number of amides is 1. The number of hydrogen-bond donors (Lipinski definition) is 1. The summed E-state index contributed by atoms with van der Waals surface area (Å²) in [5.74, 6) is -0.0417. The number of carbonyl (C=O) groups is 2. The molecule has 7 nitrogen and oxygen atoms in total. The summed E-state index contributed by atoms with van der Waals surface area (Å²) in [6, 6.07) is 17.9. The van der Waals surface area contributed by atoms with Gasteiger partial charge in [-0.1, -0.05) is 74.2 Å². The first-order chi connectivity index (χ1) is 20.3. The average Bonchev–Trinajstić information content (AvgIpc) is 3.44. The maximum Gasteiger partial charge on any atom is 0.412 e. The van der Waals surface area contributed by atoms with Crippen molar-refractivity contribution in [3.8, 4) is 11.1 Å². The number of benzene rings is 2. The summed E-state index contributed by atoms with van der Waals surface area (Å²) in [5, 5.41) is 2.99. The number of para-hydroxylation sites is 1. The Hall–Kier alpha value is -2.90. The van der Waals surface area contributed by atoms with Gasteiger partial charge < -0.3 is 14.4 Å². The molecule has 2 aromatic carbocycles. The van der Waals surface area contributed by atoms with Crippen LogP contribution in [0.4, 0.5) is 10.5 Å². The first-order valence-electron chi connectivity index (χ1n) is 16.1. The highest BCUT2D eigenvalue weighted by atomic mass is 16.6. The van der Waals surface area contributed by atoms with Gasteiger partial charge in [0.15, 0.2) is 0 Å². The lowest BCUT2D eigenvalue weighted by atomic mass is 9.93. The van der Waals surface area contributed by atoms with Crippen LogP contribution in [0.25, 0.3) is 11.1 Å². The molecule has 1 N–H and O–H groups in total. The molecule has 2 aliphatic rings. The van der Waals surface area contributed by atoms with Crippen molar-refractivity contribution < 1.29 is 19.1 Å². The lowest BCUT2D eigenvalue weighted by molar-refractivity contribution is -0.152. The number of piperidine rings is 1. The third-order valence-electron chi connectivity index (χ3n) is 8.66. The number of nitrogens with one attached hydrogen (secondary N) is 1. The molecule has 0 saturated carbocycles. The van der Waals surface area contributed by atoms with Crippen molar-refractivity contribution in [2.45, 2.75) is 103 Å². The van der Waals surface area contributed by atoms with E-state index < -0.39 is 5.60 Å². The second-order valence-corrected chi connectivity index (χ2v) is 12.5. The number of unbranched alkanes of at least 4 members (excludes halogenated alkanes) is 5. The molecule has 2 aromatic rings. The molecular weight excluding hydrogens is 526 g/mol. The zero-order chi connectivity index (χ0) is 29.8. The quantitative estimate of drug-likeness (QED) is 0.185. The summed E-state index contributed by atoms with van der Waals surface area (Å²) in [7, 11) is 0. The third kappa shape index (κ3) is 9.84. The second-order valence-electron chi connectivity index (χ2n) is 12.5. The van der Waals surface area contributed by atoms with Gasteiger partial charge in [0.25, 0.3) is 0 Å². The van der Waals surface area contributed by atoms with E-state index in [1.165, 1.54) is 32.1 Å². The molecule has 0 aliphatic carbocycles. The van der Waals surface area contributed by atoms with Gasteiger partial charge in [0.1, 0.15) is 11.6 Å². The van der Waals surface area contributed by atoms with Gasteiger partial charge in [-0.25, -0.2) is 4.79 Å². The number of esters is 1. The smallest absolute Gasteiger partial charge is 0.412 e. The summed E-state index contributed by atoms with van der Waals surface area (Å²) in [6.07, 6.45) is 10.7. The summed E-state index contributed by atoms with van der Waals surface area (Å²) in [5.41, 5.74) is 2.37. The molecule has 0 spiro atoms. The minimum Gasteiger partial charge on any atom is -0.462 e. The topological polar surface area (TPSA) is 71.1 Å². The van der Waals surface area contributed by atoms with Gasteiger partial charge in [-0.05, 0) is 90.6 Å². The first kappa shape index (κ1) is 32.0. The normalized spacial score (nSPS) is 19.1. The number of ether oxygens (including phenoxy) is 2. The van der Waals surface area contributed by atoms with Crippen LogP contribution in [0.15, 0.2) is 54.6 Å². The Morgan fingerprint density at radius 3 is 2.24 bits per heavy atom. The molecule has 2 aliphatic heterocycles. The minimum atomic E-state index is -0.442. The zero-order valence-corrected chi connectivity index (χ0v) is 26.0. The number of carbonyl (C=O) groups excluding carboxylic acids is 2. The van der Waals surface area contributed by atoms with Gasteiger partial charge in [0.2, 0.25) is 0 Å². The maximum atomic E-state index is 12.9. The summed E-state index contributed by atoms with van der Waals surface area (Å²) in [6.45, 7) is 11.0. The number of anilines is 1. The van der Waals surface area contributed by atoms with E-state index in [0.717, 1.165) is 81.6 Å². The fourth-order valence-electron chi connectivity index (χ4n) is 6.20. The van der Waals surface area contributed by atoms with E-state index in [9.17, 15) is 9.59 Å². The lowest BCUT2D eigenvalue weighted by Gasteiger charge is -2.38. The van der Waals surface area contributed by atoms with E-state index in [1.54, 1.807) is 0 Å².